The second-order valence-electron chi connectivity index (χ2n) is 5.21. The van der Waals surface area contributed by atoms with Crippen LogP contribution in [0.15, 0.2) is 15.5 Å². The summed E-state index contributed by atoms with van der Waals surface area (Å²) in [6.45, 7) is 4.90. The number of halogens is 1. The molecule has 0 bridgehead atoms. The van der Waals surface area contributed by atoms with E-state index in [1.54, 1.807) is 6.20 Å². The molecule has 1 aromatic rings. The van der Waals surface area contributed by atoms with Gasteiger partial charge < -0.3 is 10.6 Å². The van der Waals surface area contributed by atoms with Crippen molar-refractivity contribution >= 4 is 27.5 Å². The summed E-state index contributed by atoms with van der Waals surface area (Å²) in [6, 6.07) is 0.0191. The Labute approximate surface area is 126 Å². The first kappa shape index (κ1) is 15.0. The maximum absolute atomic E-state index is 12.0. The Morgan fingerprint density at radius 1 is 1.50 bits per heavy atom. The van der Waals surface area contributed by atoms with Gasteiger partial charge in [0.25, 0.3) is 5.56 Å². The van der Waals surface area contributed by atoms with Crippen molar-refractivity contribution in [2.24, 2.45) is 5.92 Å². The Morgan fingerprint density at radius 2 is 2.20 bits per heavy atom. The molecular formula is C13H19BrN4O2. The molecule has 1 amide bonds. The third-order valence-electron chi connectivity index (χ3n) is 3.12. The standard InChI is InChI=1S/C13H19BrN4O2/c1-8(2)18-13(20)11(14)10(7-17-18)15-5-6-16-12(19)9-3-4-9/h7-9,15H,3-6H2,1-2H3,(H,16,19). The van der Waals surface area contributed by atoms with E-state index in [0.29, 0.717) is 23.2 Å². The van der Waals surface area contributed by atoms with Gasteiger partial charge in [-0.05, 0) is 42.6 Å². The van der Waals surface area contributed by atoms with E-state index in [2.05, 4.69) is 31.7 Å². The van der Waals surface area contributed by atoms with E-state index < -0.39 is 0 Å². The van der Waals surface area contributed by atoms with Crippen LogP contribution in [0.1, 0.15) is 32.7 Å². The summed E-state index contributed by atoms with van der Waals surface area (Å²) in [5, 5.41) is 10.1. The molecular weight excluding hydrogens is 324 g/mol. The molecule has 0 unspecified atom stereocenters. The van der Waals surface area contributed by atoms with Crippen LogP contribution in [0.4, 0.5) is 5.69 Å². The Hall–Kier alpha value is -1.37. The smallest absolute Gasteiger partial charge is 0.283 e. The third kappa shape index (κ3) is 3.59. The zero-order chi connectivity index (χ0) is 14.7. The third-order valence-corrected chi connectivity index (χ3v) is 3.89. The van der Waals surface area contributed by atoms with Crippen molar-refractivity contribution in [3.63, 3.8) is 0 Å². The van der Waals surface area contributed by atoms with Crippen molar-refractivity contribution < 1.29 is 4.79 Å². The van der Waals surface area contributed by atoms with Crippen LogP contribution in [0.5, 0.6) is 0 Å². The molecule has 1 saturated carbocycles. The molecule has 1 aliphatic rings. The maximum atomic E-state index is 12.0. The highest BCUT2D eigenvalue weighted by Gasteiger charge is 2.28. The fourth-order valence-electron chi connectivity index (χ4n) is 1.81. The highest BCUT2D eigenvalue weighted by atomic mass is 79.9. The lowest BCUT2D eigenvalue weighted by Crippen LogP contribution is -2.31. The van der Waals surface area contributed by atoms with Gasteiger partial charge in [-0.25, -0.2) is 4.68 Å². The number of aromatic nitrogens is 2. The summed E-state index contributed by atoms with van der Waals surface area (Å²) in [7, 11) is 0. The number of nitrogens with one attached hydrogen (secondary N) is 2. The molecule has 0 atom stereocenters. The van der Waals surface area contributed by atoms with Crippen LogP contribution in [0.2, 0.25) is 0 Å². The quantitative estimate of drug-likeness (QED) is 0.768. The highest BCUT2D eigenvalue weighted by Crippen LogP contribution is 2.28. The van der Waals surface area contributed by atoms with Crippen LogP contribution < -0.4 is 16.2 Å². The number of hydrogen-bond acceptors (Lipinski definition) is 4. The van der Waals surface area contributed by atoms with Crippen LogP contribution in [0, 0.1) is 5.92 Å². The van der Waals surface area contributed by atoms with Gasteiger partial charge in [-0.3, -0.25) is 9.59 Å². The maximum Gasteiger partial charge on any atom is 0.283 e. The highest BCUT2D eigenvalue weighted by molar-refractivity contribution is 9.10. The number of hydrogen-bond donors (Lipinski definition) is 2. The second kappa shape index (κ2) is 6.39. The van der Waals surface area contributed by atoms with Crippen LogP contribution >= 0.6 is 15.9 Å². The van der Waals surface area contributed by atoms with E-state index in [9.17, 15) is 9.59 Å². The largest absolute Gasteiger partial charge is 0.381 e. The monoisotopic (exact) mass is 342 g/mol. The molecule has 110 valence electrons. The molecule has 7 heteroatoms. The van der Waals surface area contributed by atoms with Gasteiger partial charge in [0.2, 0.25) is 5.91 Å². The zero-order valence-corrected chi connectivity index (χ0v) is 13.2. The van der Waals surface area contributed by atoms with Crippen molar-refractivity contribution in [1.29, 1.82) is 0 Å². The predicted octanol–water partition coefficient (Wildman–Crippen LogP) is 1.52. The van der Waals surface area contributed by atoms with Gasteiger partial charge in [0.05, 0.1) is 17.9 Å². The average Bonchev–Trinajstić information content (AvgIpc) is 3.23. The first-order valence-corrected chi connectivity index (χ1v) is 7.59. The summed E-state index contributed by atoms with van der Waals surface area (Å²) in [5.74, 6) is 0.345. The average molecular weight is 343 g/mol. The van der Waals surface area contributed by atoms with Gasteiger partial charge in [-0.2, -0.15) is 5.10 Å². The lowest BCUT2D eigenvalue weighted by molar-refractivity contribution is -0.122. The van der Waals surface area contributed by atoms with Crippen molar-refractivity contribution in [3.8, 4) is 0 Å². The van der Waals surface area contributed by atoms with Crippen molar-refractivity contribution in [3.05, 3.63) is 21.0 Å². The molecule has 20 heavy (non-hydrogen) atoms. The van der Waals surface area contributed by atoms with E-state index in [1.807, 2.05) is 13.8 Å². The van der Waals surface area contributed by atoms with E-state index in [-0.39, 0.29) is 23.4 Å². The van der Waals surface area contributed by atoms with Gasteiger partial charge in [0.15, 0.2) is 0 Å². The minimum Gasteiger partial charge on any atom is -0.381 e. The van der Waals surface area contributed by atoms with E-state index in [1.165, 1.54) is 4.68 Å². The summed E-state index contributed by atoms with van der Waals surface area (Å²) in [5.41, 5.74) is 0.486. The first-order valence-electron chi connectivity index (χ1n) is 6.79. The van der Waals surface area contributed by atoms with E-state index in [0.717, 1.165) is 12.8 Å². The minimum absolute atomic E-state index is 0.0191. The summed E-state index contributed by atoms with van der Waals surface area (Å²) in [6.07, 6.45) is 3.62. The van der Waals surface area contributed by atoms with Crippen LogP contribution in [0.3, 0.4) is 0 Å². The van der Waals surface area contributed by atoms with Gasteiger partial charge in [0.1, 0.15) is 4.47 Å². The van der Waals surface area contributed by atoms with Gasteiger partial charge in [-0.15, -0.1) is 0 Å². The Morgan fingerprint density at radius 3 is 2.80 bits per heavy atom. The molecule has 1 aliphatic carbocycles. The Kier molecular flexibility index (Phi) is 4.80. The molecule has 0 aliphatic heterocycles. The molecule has 2 N–H and O–H groups in total. The molecule has 1 aromatic heterocycles. The zero-order valence-electron chi connectivity index (χ0n) is 11.6. The number of amides is 1. The lowest BCUT2D eigenvalue weighted by atomic mass is 10.4. The van der Waals surface area contributed by atoms with Gasteiger partial charge in [-0.1, -0.05) is 0 Å². The Balaban J connectivity index is 1.88. The predicted molar refractivity (Wildman–Crippen MR) is 80.8 cm³/mol. The van der Waals surface area contributed by atoms with Gasteiger partial charge >= 0.3 is 0 Å². The van der Waals surface area contributed by atoms with Crippen LogP contribution in [-0.4, -0.2) is 28.8 Å². The lowest BCUT2D eigenvalue weighted by Gasteiger charge is -2.12. The molecule has 0 radical (unpaired) electrons. The fourth-order valence-corrected chi connectivity index (χ4v) is 2.23. The summed E-state index contributed by atoms with van der Waals surface area (Å²) in [4.78, 5) is 23.5. The van der Waals surface area contributed by atoms with Crippen LogP contribution in [-0.2, 0) is 4.79 Å². The van der Waals surface area contributed by atoms with Crippen molar-refractivity contribution in [2.75, 3.05) is 18.4 Å². The van der Waals surface area contributed by atoms with Gasteiger partial charge in [0, 0.05) is 19.0 Å². The minimum atomic E-state index is -0.160. The van der Waals surface area contributed by atoms with Crippen molar-refractivity contribution in [2.45, 2.75) is 32.7 Å². The Bertz CT molecular complexity index is 552. The van der Waals surface area contributed by atoms with E-state index >= 15 is 0 Å². The number of carbonyl (C=O) groups excluding carboxylic acids is 1. The molecule has 0 spiro atoms. The molecule has 0 aromatic carbocycles. The first-order chi connectivity index (χ1) is 9.50. The number of nitrogens with zero attached hydrogens (tertiary/aromatic N) is 2. The summed E-state index contributed by atoms with van der Waals surface area (Å²) < 4.78 is 1.89. The fraction of sp³-hybridized carbons (Fsp3) is 0.615. The normalized spacial score (nSPS) is 14.4. The SMILES string of the molecule is CC(C)n1ncc(NCCNC(=O)C2CC2)c(Br)c1=O. The molecule has 1 fully saturated rings. The number of rotatable bonds is 6. The van der Waals surface area contributed by atoms with E-state index in [4.69, 9.17) is 0 Å². The second-order valence-corrected chi connectivity index (χ2v) is 6.00. The number of carbonyl (C=O) groups is 1. The number of anilines is 1. The van der Waals surface area contributed by atoms with Crippen molar-refractivity contribution in [1.82, 2.24) is 15.1 Å². The topological polar surface area (TPSA) is 76.0 Å². The molecule has 6 nitrogen and oxygen atoms in total. The molecule has 1 heterocycles. The molecule has 2 rings (SSSR count). The molecule has 0 saturated heterocycles. The summed E-state index contributed by atoms with van der Waals surface area (Å²) >= 11 is 3.29. The van der Waals surface area contributed by atoms with Crippen LogP contribution in [0.25, 0.3) is 0 Å².